The zero-order valence-electron chi connectivity index (χ0n) is 11.9. The molecule has 0 unspecified atom stereocenters. The Hall–Kier alpha value is -2.30. The molecule has 1 aromatic rings. The minimum atomic E-state index is -0.299. The molecule has 108 valence electrons. The van der Waals surface area contributed by atoms with Crippen LogP contribution in [0.3, 0.4) is 0 Å². The lowest BCUT2D eigenvalue weighted by atomic mass is 10.3. The Morgan fingerprint density at radius 3 is 2.35 bits per heavy atom. The normalized spacial score (nSPS) is 10.8. The first kappa shape index (κ1) is 15.8. The molecule has 0 aliphatic rings. The van der Waals surface area contributed by atoms with Crippen LogP contribution in [0.2, 0.25) is 0 Å². The fraction of sp³-hybridized carbons (Fsp3) is 0.333. The molecule has 0 aromatic heterocycles. The average Bonchev–Trinajstić information content (AvgIpc) is 2.38. The Labute approximate surface area is 118 Å². The highest BCUT2D eigenvalue weighted by atomic mass is 16.5. The van der Waals surface area contributed by atoms with Crippen molar-refractivity contribution in [3.05, 3.63) is 35.9 Å². The van der Waals surface area contributed by atoms with Crippen LogP contribution in [0.1, 0.15) is 20.8 Å². The van der Waals surface area contributed by atoms with E-state index < -0.39 is 0 Å². The van der Waals surface area contributed by atoms with Gasteiger partial charge in [-0.25, -0.2) is 0 Å². The van der Waals surface area contributed by atoms with Crippen LogP contribution in [0.4, 0.5) is 5.69 Å². The van der Waals surface area contributed by atoms with Gasteiger partial charge in [0.05, 0.1) is 0 Å². The summed E-state index contributed by atoms with van der Waals surface area (Å²) in [5, 5.41) is 2.68. The van der Waals surface area contributed by atoms with E-state index in [0.717, 1.165) is 11.3 Å². The fourth-order valence-electron chi connectivity index (χ4n) is 1.39. The Morgan fingerprint density at radius 1 is 1.15 bits per heavy atom. The molecular weight excluding hydrogens is 258 g/mol. The van der Waals surface area contributed by atoms with Gasteiger partial charge in [-0.1, -0.05) is 0 Å². The topological polar surface area (TPSA) is 64.6 Å². The highest BCUT2D eigenvalue weighted by molar-refractivity contribution is 5.88. The van der Waals surface area contributed by atoms with Crippen LogP contribution in [0, 0.1) is 0 Å². The van der Waals surface area contributed by atoms with Gasteiger partial charge in [-0.2, -0.15) is 0 Å². The van der Waals surface area contributed by atoms with Gasteiger partial charge in [0.2, 0.25) is 5.91 Å². The van der Waals surface area contributed by atoms with E-state index in [0.29, 0.717) is 12.4 Å². The molecule has 0 saturated heterocycles. The molecule has 5 nitrogen and oxygen atoms in total. The third-order valence-electron chi connectivity index (χ3n) is 2.36. The Kier molecular flexibility index (Phi) is 6.29. The van der Waals surface area contributed by atoms with Gasteiger partial charge < -0.3 is 14.8 Å². The minimum absolute atomic E-state index is 0.109. The molecule has 0 atom stereocenters. The number of ether oxygens (including phenoxy) is 2. The van der Waals surface area contributed by atoms with Gasteiger partial charge in [0.1, 0.15) is 19.0 Å². The second-order valence-electron chi connectivity index (χ2n) is 4.35. The molecule has 0 spiro atoms. The SMILES string of the molecule is CC(=O)Nc1ccc(OC/C=C(\C)COC(C)=O)cc1. The average molecular weight is 277 g/mol. The van der Waals surface area contributed by atoms with Crippen LogP contribution in [-0.2, 0) is 14.3 Å². The number of benzene rings is 1. The third kappa shape index (κ3) is 6.58. The van der Waals surface area contributed by atoms with E-state index in [1.54, 1.807) is 24.3 Å². The van der Waals surface area contributed by atoms with Crippen molar-refractivity contribution in [2.24, 2.45) is 0 Å². The van der Waals surface area contributed by atoms with Gasteiger partial charge >= 0.3 is 5.97 Å². The molecule has 0 aliphatic heterocycles. The van der Waals surface area contributed by atoms with E-state index in [9.17, 15) is 9.59 Å². The van der Waals surface area contributed by atoms with E-state index >= 15 is 0 Å². The van der Waals surface area contributed by atoms with Gasteiger partial charge in [-0.3, -0.25) is 9.59 Å². The summed E-state index contributed by atoms with van der Waals surface area (Å²) in [6.45, 7) is 5.38. The molecule has 0 heterocycles. The van der Waals surface area contributed by atoms with Crippen LogP contribution in [0.5, 0.6) is 5.75 Å². The van der Waals surface area contributed by atoms with Crippen LogP contribution < -0.4 is 10.1 Å². The third-order valence-corrected chi connectivity index (χ3v) is 2.36. The number of hydrogen-bond acceptors (Lipinski definition) is 4. The number of carbonyl (C=O) groups excluding carboxylic acids is 2. The molecule has 0 aliphatic carbocycles. The number of hydrogen-bond donors (Lipinski definition) is 1. The maximum atomic E-state index is 10.9. The lowest BCUT2D eigenvalue weighted by molar-refractivity contribution is -0.140. The van der Waals surface area contributed by atoms with E-state index in [-0.39, 0.29) is 18.5 Å². The Balaban J connectivity index is 2.40. The summed E-state index contributed by atoms with van der Waals surface area (Å²) in [4.78, 5) is 21.5. The van der Waals surface area contributed by atoms with Gasteiger partial charge in [0, 0.05) is 19.5 Å². The summed E-state index contributed by atoms with van der Waals surface area (Å²) in [5.74, 6) is 0.297. The van der Waals surface area contributed by atoms with Crippen molar-refractivity contribution in [2.75, 3.05) is 18.5 Å². The highest BCUT2D eigenvalue weighted by Crippen LogP contribution is 2.15. The molecule has 1 N–H and O–H groups in total. The van der Waals surface area contributed by atoms with E-state index in [4.69, 9.17) is 9.47 Å². The molecule has 0 saturated carbocycles. The Bertz CT molecular complexity index is 491. The lowest BCUT2D eigenvalue weighted by Crippen LogP contribution is -2.05. The van der Waals surface area contributed by atoms with Crippen LogP contribution in [-0.4, -0.2) is 25.1 Å². The number of amides is 1. The second kappa shape index (κ2) is 7.99. The quantitative estimate of drug-likeness (QED) is 0.641. The van der Waals surface area contributed by atoms with Crippen molar-refractivity contribution >= 4 is 17.6 Å². The molecule has 1 rings (SSSR count). The zero-order valence-corrected chi connectivity index (χ0v) is 11.9. The number of esters is 1. The summed E-state index contributed by atoms with van der Waals surface area (Å²) in [6.07, 6.45) is 1.85. The Morgan fingerprint density at radius 2 is 1.80 bits per heavy atom. The smallest absolute Gasteiger partial charge is 0.302 e. The van der Waals surface area contributed by atoms with Gasteiger partial charge in [-0.15, -0.1) is 0 Å². The van der Waals surface area contributed by atoms with Gasteiger partial charge in [-0.05, 0) is 42.8 Å². The van der Waals surface area contributed by atoms with Crippen molar-refractivity contribution in [2.45, 2.75) is 20.8 Å². The highest BCUT2D eigenvalue weighted by Gasteiger charge is 1.97. The first-order chi connectivity index (χ1) is 9.47. The van der Waals surface area contributed by atoms with Crippen LogP contribution in [0.15, 0.2) is 35.9 Å². The molecular formula is C15H19NO4. The summed E-state index contributed by atoms with van der Waals surface area (Å²) in [6, 6.07) is 7.10. The number of nitrogens with one attached hydrogen (secondary N) is 1. The lowest BCUT2D eigenvalue weighted by Gasteiger charge is -2.06. The largest absolute Gasteiger partial charge is 0.490 e. The number of rotatable bonds is 6. The van der Waals surface area contributed by atoms with E-state index in [1.165, 1.54) is 13.8 Å². The van der Waals surface area contributed by atoms with Gasteiger partial charge in [0.25, 0.3) is 0 Å². The van der Waals surface area contributed by atoms with Crippen molar-refractivity contribution in [1.82, 2.24) is 0 Å². The monoisotopic (exact) mass is 277 g/mol. The molecule has 0 bridgehead atoms. The summed E-state index contributed by atoms with van der Waals surface area (Å²) in [7, 11) is 0. The van der Waals surface area contributed by atoms with Crippen molar-refractivity contribution < 1.29 is 19.1 Å². The standard InChI is InChI=1S/C15H19NO4/c1-11(10-20-13(3)18)8-9-19-15-6-4-14(5-7-15)16-12(2)17/h4-8H,9-10H2,1-3H3,(H,16,17)/b11-8+. The van der Waals surface area contributed by atoms with Crippen LogP contribution >= 0.6 is 0 Å². The molecule has 20 heavy (non-hydrogen) atoms. The molecule has 1 aromatic carbocycles. The summed E-state index contributed by atoms with van der Waals surface area (Å²) in [5.41, 5.74) is 1.65. The van der Waals surface area contributed by atoms with Crippen molar-refractivity contribution in [3.63, 3.8) is 0 Å². The van der Waals surface area contributed by atoms with Crippen molar-refractivity contribution in [3.8, 4) is 5.75 Å². The molecule has 0 fully saturated rings. The number of carbonyl (C=O) groups is 2. The second-order valence-corrected chi connectivity index (χ2v) is 4.35. The van der Waals surface area contributed by atoms with Crippen molar-refractivity contribution in [1.29, 1.82) is 0 Å². The first-order valence-corrected chi connectivity index (χ1v) is 6.27. The minimum Gasteiger partial charge on any atom is -0.490 e. The maximum absolute atomic E-state index is 10.9. The van der Waals surface area contributed by atoms with E-state index in [2.05, 4.69) is 5.32 Å². The molecule has 1 amide bonds. The summed E-state index contributed by atoms with van der Waals surface area (Å²) < 4.78 is 10.4. The zero-order chi connectivity index (χ0) is 15.0. The van der Waals surface area contributed by atoms with Gasteiger partial charge in [0.15, 0.2) is 0 Å². The molecule has 5 heteroatoms. The summed E-state index contributed by atoms with van der Waals surface area (Å²) >= 11 is 0. The predicted octanol–water partition coefficient (Wildman–Crippen LogP) is 2.53. The maximum Gasteiger partial charge on any atom is 0.302 e. The van der Waals surface area contributed by atoms with E-state index in [1.807, 2.05) is 13.0 Å². The molecule has 0 radical (unpaired) electrons. The van der Waals surface area contributed by atoms with Crippen LogP contribution in [0.25, 0.3) is 0 Å². The fourth-order valence-corrected chi connectivity index (χ4v) is 1.39. The number of anilines is 1. The predicted molar refractivity (Wildman–Crippen MR) is 76.6 cm³/mol. The first-order valence-electron chi connectivity index (χ1n) is 6.27.